The maximum Gasteiger partial charge on any atom is 0.387 e. The number of halogens is 2. The number of amides is 2. The summed E-state index contributed by atoms with van der Waals surface area (Å²) in [6.45, 7) is 2.18. The molecule has 4 rings (SSSR count). The number of piperazine rings is 1. The zero-order valence-electron chi connectivity index (χ0n) is 22.6. The number of nitrogens with zero attached hydrogens (tertiary/aromatic N) is 4. The Bertz CT molecular complexity index is 1370. The van der Waals surface area contributed by atoms with E-state index >= 15 is 0 Å². The van der Waals surface area contributed by atoms with Gasteiger partial charge in [-0.15, -0.1) is 0 Å². The van der Waals surface area contributed by atoms with E-state index in [0.717, 1.165) is 16.8 Å². The second-order valence-electron chi connectivity index (χ2n) is 9.48. The van der Waals surface area contributed by atoms with Gasteiger partial charge < -0.3 is 30.3 Å². The number of benzene rings is 2. The van der Waals surface area contributed by atoms with Gasteiger partial charge >= 0.3 is 6.61 Å². The Kier molecular flexibility index (Phi) is 9.22. The Labute approximate surface area is 231 Å². The van der Waals surface area contributed by atoms with Crippen molar-refractivity contribution >= 4 is 23.5 Å². The molecule has 0 saturated carbocycles. The van der Waals surface area contributed by atoms with E-state index in [2.05, 4.69) is 15.0 Å². The lowest BCUT2D eigenvalue weighted by Crippen LogP contribution is -2.76. The van der Waals surface area contributed by atoms with Crippen LogP contribution < -0.4 is 20.3 Å². The molecule has 0 radical (unpaired) electrons. The molecule has 1 aliphatic heterocycles. The number of aliphatic hydroxyl groups excluding tert-OH is 1. The highest BCUT2D eigenvalue weighted by atomic mass is 19.3. The van der Waals surface area contributed by atoms with Crippen LogP contribution >= 0.6 is 0 Å². The van der Waals surface area contributed by atoms with Crippen molar-refractivity contribution in [2.45, 2.75) is 33.0 Å². The zero-order chi connectivity index (χ0) is 28.8. The predicted octanol–water partition coefficient (Wildman–Crippen LogP) is 1.84. The lowest BCUT2D eigenvalue weighted by atomic mass is 10.0. The van der Waals surface area contributed by atoms with Crippen LogP contribution in [0.1, 0.15) is 28.5 Å². The molecule has 4 N–H and O–H groups in total. The van der Waals surface area contributed by atoms with E-state index in [4.69, 9.17) is 4.98 Å². The van der Waals surface area contributed by atoms with Gasteiger partial charge in [0, 0.05) is 56.1 Å². The van der Waals surface area contributed by atoms with E-state index < -0.39 is 13.2 Å². The fourth-order valence-corrected chi connectivity index (χ4v) is 4.84. The van der Waals surface area contributed by atoms with Crippen LogP contribution in [0.4, 0.5) is 20.4 Å². The van der Waals surface area contributed by atoms with Crippen molar-refractivity contribution in [2.24, 2.45) is 0 Å². The smallest absolute Gasteiger partial charge is 0.387 e. The number of alkyl halides is 2. The standard InChI is InChI=1S/C28H32F2N6O4/c1-17-15-35(10-11-36(17)25(38)16-37)28-33-14-22(18(2)34-28)19-8-9-21(26(39)31-3)23(12-19)32-13-20-6-4-5-7-24(20)40-27(29)30/h4-9,12,14,17,27,32,37H,10-11,13,15-16H2,1-3H3,(H,31,39)/p+1/t17-/m1/s1. The van der Waals surface area contributed by atoms with E-state index in [1.165, 1.54) is 6.07 Å². The number of anilines is 1. The summed E-state index contributed by atoms with van der Waals surface area (Å²) in [5.74, 6) is 0.0688. The van der Waals surface area contributed by atoms with Crippen molar-refractivity contribution in [1.82, 2.24) is 20.2 Å². The van der Waals surface area contributed by atoms with Gasteiger partial charge in [0.1, 0.15) is 30.2 Å². The molecule has 0 bridgehead atoms. The molecule has 1 atom stereocenters. The van der Waals surface area contributed by atoms with Crippen LogP contribution in [-0.2, 0) is 11.3 Å². The molecule has 1 fully saturated rings. The van der Waals surface area contributed by atoms with Crippen molar-refractivity contribution in [2.75, 3.05) is 38.2 Å². The molecule has 2 aromatic carbocycles. The normalized spacial score (nSPS) is 15.3. The van der Waals surface area contributed by atoms with Crippen LogP contribution in [0.3, 0.4) is 0 Å². The fraction of sp³-hybridized carbons (Fsp3) is 0.357. The second-order valence-corrected chi connectivity index (χ2v) is 9.48. The van der Waals surface area contributed by atoms with Crippen LogP contribution in [0, 0.1) is 6.92 Å². The van der Waals surface area contributed by atoms with Crippen LogP contribution in [0.2, 0.25) is 0 Å². The molecule has 1 aromatic heterocycles. The average molecular weight is 556 g/mol. The average Bonchev–Trinajstić information content (AvgIpc) is 2.95. The monoisotopic (exact) mass is 555 g/mol. The Morgan fingerprint density at radius 2 is 2.00 bits per heavy atom. The molecular weight excluding hydrogens is 522 g/mol. The van der Waals surface area contributed by atoms with Crippen molar-refractivity contribution in [1.29, 1.82) is 0 Å². The molecule has 10 nitrogen and oxygen atoms in total. The van der Waals surface area contributed by atoms with Crippen LogP contribution in [0.5, 0.6) is 5.75 Å². The molecular formula is C28H33F2N6O4+. The number of aliphatic hydroxyl groups is 1. The number of ether oxygens (including phenoxy) is 1. The number of aryl methyl sites for hydroxylation is 1. The number of para-hydroxylation sites is 1. The number of hydrogen-bond donors (Lipinski definition) is 3. The van der Waals surface area contributed by atoms with Crippen LogP contribution in [0.15, 0.2) is 48.7 Å². The summed E-state index contributed by atoms with van der Waals surface area (Å²) in [5.41, 5.74) is 3.96. The molecule has 3 aromatic rings. The minimum Gasteiger partial charge on any atom is -0.434 e. The molecule has 212 valence electrons. The number of nitrogens with one attached hydrogen (secondary N) is 1. The van der Waals surface area contributed by atoms with Crippen molar-refractivity contribution in [3.8, 4) is 16.9 Å². The number of hydrogen-bond acceptors (Lipinski definition) is 7. The summed E-state index contributed by atoms with van der Waals surface area (Å²) in [6, 6.07) is 11.9. The number of nitrogens with two attached hydrogens (primary N) is 1. The zero-order valence-corrected chi connectivity index (χ0v) is 22.6. The molecule has 12 heteroatoms. The SMILES string of the molecule is CNC(=O)c1ccc(-c2cnc(N3CCN(C(=O)CO)[C@H](C)C3)nc2C)cc1[NH2+]Cc1ccccc1OC(F)F. The van der Waals surface area contributed by atoms with E-state index in [9.17, 15) is 23.5 Å². The van der Waals surface area contributed by atoms with Crippen molar-refractivity contribution < 1.29 is 33.5 Å². The number of quaternary nitrogens is 1. The molecule has 0 aliphatic carbocycles. The quantitative estimate of drug-likeness (QED) is 0.344. The molecule has 2 heterocycles. The summed E-state index contributed by atoms with van der Waals surface area (Å²) in [7, 11) is 1.54. The first kappa shape index (κ1) is 28.8. The lowest BCUT2D eigenvalue weighted by Gasteiger charge is -2.39. The molecule has 0 unspecified atom stereocenters. The van der Waals surface area contributed by atoms with Gasteiger partial charge in [0.15, 0.2) is 0 Å². The number of carbonyl (C=O) groups excluding carboxylic acids is 2. The number of aromatic nitrogens is 2. The number of rotatable bonds is 9. The Morgan fingerprint density at radius 1 is 1.23 bits per heavy atom. The first-order valence-corrected chi connectivity index (χ1v) is 12.9. The second kappa shape index (κ2) is 12.8. The maximum absolute atomic E-state index is 12.9. The molecule has 40 heavy (non-hydrogen) atoms. The van der Waals surface area contributed by atoms with Crippen molar-refractivity contribution in [3.63, 3.8) is 0 Å². The van der Waals surface area contributed by atoms with E-state index in [1.54, 1.807) is 47.7 Å². The van der Waals surface area contributed by atoms with E-state index in [0.29, 0.717) is 42.4 Å². The maximum atomic E-state index is 12.9. The third-order valence-corrected chi connectivity index (χ3v) is 6.90. The van der Waals surface area contributed by atoms with Crippen LogP contribution in [0.25, 0.3) is 11.1 Å². The largest absolute Gasteiger partial charge is 0.434 e. The highest BCUT2D eigenvalue weighted by molar-refractivity contribution is 5.98. The summed E-state index contributed by atoms with van der Waals surface area (Å²) in [6.07, 6.45) is 1.73. The third-order valence-electron chi connectivity index (χ3n) is 6.90. The summed E-state index contributed by atoms with van der Waals surface area (Å²) >= 11 is 0. The van der Waals surface area contributed by atoms with Gasteiger partial charge in [-0.3, -0.25) is 9.59 Å². The minimum atomic E-state index is -2.94. The van der Waals surface area contributed by atoms with Gasteiger partial charge in [-0.05, 0) is 37.6 Å². The predicted molar refractivity (Wildman–Crippen MR) is 144 cm³/mol. The Balaban J connectivity index is 1.57. The van der Waals surface area contributed by atoms with Gasteiger partial charge in [-0.25, -0.2) is 9.97 Å². The topological polar surface area (TPSA) is 125 Å². The van der Waals surface area contributed by atoms with Crippen LogP contribution in [-0.4, -0.2) is 77.7 Å². The minimum absolute atomic E-state index is 0.0853. The molecule has 2 amide bonds. The van der Waals surface area contributed by atoms with Gasteiger partial charge in [0.25, 0.3) is 5.91 Å². The summed E-state index contributed by atoms with van der Waals surface area (Å²) in [4.78, 5) is 37.5. The highest BCUT2D eigenvalue weighted by Gasteiger charge is 2.28. The first-order valence-electron chi connectivity index (χ1n) is 12.9. The third kappa shape index (κ3) is 6.52. The van der Waals surface area contributed by atoms with Crippen molar-refractivity contribution in [3.05, 3.63) is 65.5 Å². The Morgan fingerprint density at radius 3 is 2.67 bits per heavy atom. The summed E-state index contributed by atoms with van der Waals surface area (Å²) in [5, 5.41) is 13.6. The van der Waals surface area contributed by atoms with Gasteiger partial charge in [0.2, 0.25) is 11.9 Å². The Hall–Kier alpha value is -4.16. The molecule has 0 spiro atoms. The highest BCUT2D eigenvalue weighted by Crippen LogP contribution is 2.27. The number of carbonyl (C=O) groups is 2. The van der Waals surface area contributed by atoms with E-state index in [-0.39, 0.29) is 30.2 Å². The first-order chi connectivity index (χ1) is 19.2. The lowest BCUT2D eigenvalue weighted by molar-refractivity contribution is -0.588. The van der Waals surface area contributed by atoms with E-state index in [1.807, 2.05) is 30.9 Å². The summed E-state index contributed by atoms with van der Waals surface area (Å²) < 4.78 is 30.4. The molecule has 1 saturated heterocycles. The van der Waals surface area contributed by atoms with Gasteiger partial charge in [0.05, 0.1) is 5.69 Å². The van der Waals surface area contributed by atoms with Gasteiger partial charge in [-0.2, -0.15) is 8.78 Å². The molecule has 1 aliphatic rings. The van der Waals surface area contributed by atoms with Gasteiger partial charge in [-0.1, -0.05) is 18.2 Å². The fourth-order valence-electron chi connectivity index (χ4n) is 4.84.